The summed E-state index contributed by atoms with van der Waals surface area (Å²) < 4.78 is 18.2. The number of benzene rings is 1. The van der Waals surface area contributed by atoms with E-state index in [9.17, 15) is 9.18 Å². The van der Waals surface area contributed by atoms with Crippen LogP contribution in [-0.4, -0.2) is 17.6 Å². The molecule has 1 saturated carbocycles. The van der Waals surface area contributed by atoms with E-state index in [1.54, 1.807) is 6.07 Å². The Labute approximate surface area is 135 Å². The number of hydrogen-bond acceptors (Lipinski definition) is 3. The van der Waals surface area contributed by atoms with Crippen LogP contribution in [0.15, 0.2) is 34.9 Å². The summed E-state index contributed by atoms with van der Waals surface area (Å²) in [4.78, 5) is 12.1. The Bertz CT molecular complexity index is 673. The van der Waals surface area contributed by atoms with Gasteiger partial charge >= 0.3 is 0 Å². The SMILES string of the molecule is Cc1cc(CC(=O)NCC2(c3ccc(F)cc3)CCCC2)on1. The van der Waals surface area contributed by atoms with Crippen LogP contribution in [0.3, 0.4) is 0 Å². The van der Waals surface area contributed by atoms with Gasteiger partial charge in [0.25, 0.3) is 0 Å². The van der Waals surface area contributed by atoms with E-state index in [0.29, 0.717) is 12.3 Å². The minimum absolute atomic E-state index is 0.0745. The van der Waals surface area contributed by atoms with E-state index in [4.69, 9.17) is 4.52 Å². The van der Waals surface area contributed by atoms with Gasteiger partial charge in [-0.15, -0.1) is 0 Å². The molecule has 1 fully saturated rings. The highest BCUT2D eigenvalue weighted by atomic mass is 19.1. The fraction of sp³-hybridized carbons (Fsp3) is 0.444. The number of halogens is 1. The molecule has 1 N–H and O–H groups in total. The minimum Gasteiger partial charge on any atom is -0.361 e. The summed E-state index contributed by atoms with van der Waals surface area (Å²) in [5.74, 6) is 0.267. The lowest BCUT2D eigenvalue weighted by Crippen LogP contribution is -2.39. The second kappa shape index (κ2) is 6.52. The summed E-state index contributed by atoms with van der Waals surface area (Å²) >= 11 is 0. The van der Waals surface area contributed by atoms with Gasteiger partial charge in [0, 0.05) is 18.0 Å². The molecule has 0 saturated heterocycles. The van der Waals surface area contributed by atoms with Crippen LogP contribution >= 0.6 is 0 Å². The van der Waals surface area contributed by atoms with Crippen molar-refractivity contribution in [3.8, 4) is 0 Å². The van der Waals surface area contributed by atoms with Crippen LogP contribution in [0.2, 0.25) is 0 Å². The van der Waals surface area contributed by atoms with Crippen molar-refractivity contribution in [3.05, 3.63) is 53.2 Å². The van der Waals surface area contributed by atoms with Crippen molar-refractivity contribution in [2.24, 2.45) is 0 Å². The van der Waals surface area contributed by atoms with Gasteiger partial charge in [0.05, 0.1) is 12.1 Å². The van der Waals surface area contributed by atoms with Crippen LogP contribution < -0.4 is 5.32 Å². The van der Waals surface area contributed by atoms with Gasteiger partial charge in [-0.2, -0.15) is 0 Å². The fourth-order valence-corrected chi connectivity index (χ4v) is 3.41. The quantitative estimate of drug-likeness (QED) is 0.921. The van der Waals surface area contributed by atoms with Gasteiger partial charge in [-0.3, -0.25) is 4.79 Å². The predicted molar refractivity (Wildman–Crippen MR) is 84.5 cm³/mol. The lowest BCUT2D eigenvalue weighted by atomic mass is 9.79. The number of nitrogens with one attached hydrogen (secondary N) is 1. The number of amides is 1. The Morgan fingerprint density at radius 2 is 2.00 bits per heavy atom. The topological polar surface area (TPSA) is 55.1 Å². The van der Waals surface area contributed by atoms with Crippen molar-refractivity contribution in [1.29, 1.82) is 0 Å². The Morgan fingerprint density at radius 1 is 1.30 bits per heavy atom. The van der Waals surface area contributed by atoms with Crippen molar-refractivity contribution in [2.45, 2.75) is 44.4 Å². The molecule has 0 bridgehead atoms. The summed E-state index contributed by atoms with van der Waals surface area (Å²) in [6.45, 7) is 2.40. The van der Waals surface area contributed by atoms with Crippen LogP contribution in [0.4, 0.5) is 4.39 Å². The van der Waals surface area contributed by atoms with Gasteiger partial charge in [0.15, 0.2) is 0 Å². The molecule has 1 aliphatic carbocycles. The van der Waals surface area contributed by atoms with Crippen LogP contribution in [0.5, 0.6) is 0 Å². The first kappa shape index (κ1) is 15.7. The molecule has 2 aromatic rings. The number of carbonyl (C=O) groups is 1. The van der Waals surface area contributed by atoms with Crippen molar-refractivity contribution < 1.29 is 13.7 Å². The van der Waals surface area contributed by atoms with Crippen LogP contribution in [0, 0.1) is 12.7 Å². The molecule has 23 heavy (non-hydrogen) atoms. The third-order valence-electron chi connectivity index (χ3n) is 4.65. The standard InChI is InChI=1S/C18H21FN2O2/c1-13-10-16(23-21-13)11-17(22)20-12-18(8-2-3-9-18)14-4-6-15(19)7-5-14/h4-7,10H,2-3,8-9,11-12H2,1H3,(H,20,22). The molecule has 4 nitrogen and oxygen atoms in total. The Hall–Kier alpha value is -2.17. The molecule has 0 atom stereocenters. The lowest BCUT2D eigenvalue weighted by molar-refractivity contribution is -0.121. The van der Waals surface area contributed by atoms with Crippen molar-refractivity contribution >= 4 is 5.91 Å². The second-order valence-electron chi connectivity index (χ2n) is 6.38. The van der Waals surface area contributed by atoms with E-state index < -0.39 is 0 Å². The second-order valence-corrected chi connectivity index (χ2v) is 6.38. The van der Waals surface area contributed by atoms with Gasteiger partial charge in [-0.1, -0.05) is 30.1 Å². The average Bonchev–Trinajstić information content (AvgIpc) is 3.16. The summed E-state index contributed by atoms with van der Waals surface area (Å²) in [5.41, 5.74) is 1.79. The molecule has 1 aromatic heterocycles. The zero-order chi connectivity index (χ0) is 16.3. The summed E-state index contributed by atoms with van der Waals surface area (Å²) in [6.07, 6.45) is 4.49. The first-order chi connectivity index (χ1) is 11.1. The maximum absolute atomic E-state index is 13.2. The number of carbonyl (C=O) groups excluding carboxylic acids is 1. The lowest BCUT2D eigenvalue weighted by Gasteiger charge is -2.30. The van der Waals surface area contributed by atoms with Crippen molar-refractivity contribution in [1.82, 2.24) is 10.5 Å². The summed E-state index contributed by atoms with van der Waals surface area (Å²) in [5, 5.41) is 6.80. The largest absolute Gasteiger partial charge is 0.361 e. The van der Waals surface area contributed by atoms with Gasteiger partial charge in [0.2, 0.25) is 5.91 Å². The Morgan fingerprint density at radius 3 is 2.61 bits per heavy atom. The maximum Gasteiger partial charge on any atom is 0.227 e. The summed E-state index contributed by atoms with van der Waals surface area (Å²) in [7, 11) is 0. The Kier molecular flexibility index (Phi) is 4.46. The minimum atomic E-state index is -0.230. The van der Waals surface area contributed by atoms with E-state index in [0.717, 1.165) is 36.9 Å². The van der Waals surface area contributed by atoms with Crippen LogP contribution in [-0.2, 0) is 16.6 Å². The van der Waals surface area contributed by atoms with E-state index in [1.807, 2.05) is 19.1 Å². The van der Waals surface area contributed by atoms with Gasteiger partial charge in [-0.05, 0) is 37.5 Å². The van der Waals surface area contributed by atoms with Gasteiger partial charge < -0.3 is 9.84 Å². The smallest absolute Gasteiger partial charge is 0.227 e. The summed E-state index contributed by atoms with van der Waals surface area (Å²) in [6, 6.07) is 8.44. The van der Waals surface area contributed by atoms with Gasteiger partial charge in [0.1, 0.15) is 11.6 Å². The molecule has 0 radical (unpaired) electrons. The van der Waals surface area contributed by atoms with E-state index in [1.165, 1.54) is 12.1 Å². The first-order valence-electron chi connectivity index (χ1n) is 8.02. The molecular formula is C18H21FN2O2. The highest BCUT2D eigenvalue weighted by Gasteiger charge is 2.35. The third-order valence-corrected chi connectivity index (χ3v) is 4.65. The van der Waals surface area contributed by atoms with Crippen molar-refractivity contribution in [3.63, 3.8) is 0 Å². The molecule has 1 heterocycles. The van der Waals surface area contributed by atoms with Crippen LogP contribution in [0.1, 0.15) is 42.7 Å². The first-order valence-corrected chi connectivity index (χ1v) is 8.02. The predicted octanol–water partition coefficient (Wildman–Crippen LogP) is 3.29. The van der Waals surface area contributed by atoms with E-state index in [2.05, 4.69) is 10.5 Å². The van der Waals surface area contributed by atoms with Crippen molar-refractivity contribution in [2.75, 3.05) is 6.54 Å². The number of aromatic nitrogens is 1. The molecule has 0 spiro atoms. The highest BCUT2D eigenvalue weighted by Crippen LogP contribution is 2.40. The monoisotopic (exact) mass is 316 g/mol. The normalized spacial score (nSPS) is 16.4. The number of rotatable bonds is 5. The number of hydrogen-bond donors (Lipinski definition) is 1. The van der Waals surface area contributed by atoms with E-state index in [-0.39, 0.29) is 23.6 Å². The molecule has 0 unspecified atom stereocenters. The van der Waals surface area contributed by atoms with Crippen LogP contribution in [0.25, 0.3) is 0 Å². The van der Waals surface area contributed by atoms with E-state index >= 15 is 0 Å². The molecule has 3 rings (SSSR count). The number of aryl methyl sites for hydroxylation is 1. The molecular weight excluding hydrogens is 295 g/mol. The molecule has 122 valence electrons. The molecule has 5 heteroatoms. The molecule has 1 amide bonds. The van der Waals surface area contributed by atoms with Gasteiger partial charge in [-0.25, -0.2) is 4.39 Å². The molecule has 0 aliphatic heterocycles. The Balaban J connectivity index is 1.65. The zero-order valence-corrected chi connectivity index (χ0v) is 13.3. The third kappa shape index (κ3) is 3.60. The zero-order valence-electron chi connectivity index (χ0n) is 13.3. The highest BCUT2D eigenvalue weighted by molar-refractivity contribution is 5.78. The molecule has 1 aliphatic rings. The average molecular weight is 316 g/mol. The fourth-order valence-electron chi connectivity index (χ4n) is 3.41. The maximum atomic E-state index is 13.2. The number of nitrogens with zero attached hydrogens (tertiary/aromatic N) is 1. The molecule has 1 aromatic carbocycles.